The highest BCUT2D eigenvalue weighted by atomic mass is 16.5. The van der Waals surface area contributed by atoms with E-state index in [1.807, 2.05) is 6.92 Å². The molecule has 0 spiro atoms. The normalized spacial score (nSPS) is 11.2. The van der Waals surface area contributed by atoms with Gasteiger partial charge in [0.2, 0.25) is 0 Å². The molecule has 0 bridgehead atoms. The molecule has 102 valence electrons. The van der Waals surface area contributed by atoms with Crippen LogP contribution < -0.4 is 5.32 Å². The highest BCUT2D eigenvalue weighted by Gasteiger charge is 2.08. The molecule has 0 aliphatic heterocycles. The summed E-state index contributed by atoms with van der Waals surface area (Å²) in [6.07, 6.45) is 0.977. The van der Waals surface area contributed by atoms with E-state index in [9.17, 15) is 0 Å². The third-order valence-electron chi connectivity index (χ3n) is 2.83. The van der Waals surface area contributed by atoms with E-state index in [1.54, 1.807) is 0 Å². The molecular weight excluding hydrogens is 226 g/mol. The largest absolute Gasteiger partial charge is 0.374 e. The summed E-state index contributed by atoms with van der Waals surface area (Å²) in [5, 5.41) is 3.42. The number of aryl methyl sites for hydroxylation is 2. The van der Waals surface area contributed by atoms with E-state index in [4.69, 9.17) is 4.74 Å². The molecule has 0 atom stereocenters. The molecule has 0 aromatic carbocycles. The molecule has 1 heterocycles. The number of nitrogens with one attached hydrogen (secondary N) is 1. The maximum Gasteiger partial charge on any atom is 0.154 e. The third kappa shape index (κ3) is 4.70. The molecule has 4 heteroatoms. The lowest BCUT2D eigenvalue weighted by molar-refractivity contribution is 0.128. The van der Waals surface area contributed by atoms with Crippen molar-refractivity contribution in [3.05, 3.63) is 22.8 Å². The summed E-state index contributed by atoms with van der Waals surface area (Å²) in [7, 11) is 0. The van der Waals surface area contributed by atoms with Crippen LogP contribution in [0.3, 0.4) is 0 Å². The van der Waals surface area contributed by atoms with Crippen molar-refractivity contribution in [2.75, 3.05) is 13.2 Å². The van der Waals surface area contributed by atoms with Crippen molar-refractivity contribution < 1.29 is 4.74 Å². The Morgan fingerprint density at radius 3 is 2.28 bits per heavy atom. The lowest BCUT2D eigenvalue weighted by Crippen LogP contribution is -2.25. The average Bonchev–Trinajstić information content (AvgIpc) is 2.29. The van der Waals surface area contributed by atoms with E-state index in [2.05, 4.69) is 43.0 Å². The second-order valence-electron chi connectivity index (χ2n) is 4.79. The van der Waals surface area contributed by atoms with Crippen molar-refractivity contribution in [3.63, 3.8) is 0 Å². The summed E-state index contributed by atoms with van der Waals surface area (Å²) >= 11 is 0. The number of rotatable bonds is 7. The van der Waals surface area contributed by atoms with E-state index in [0.717, 1.165) is 30.2 Å². The van der Waals surface area contributed by atoms with Crippen molar-refractivity contribution in [1.29, 1.82) is 0 Å². The molecule has 0 saturated carbocycles. The molecule has 0 saturated heterocycles. The van der Waals surface area contributed by atoms with Crippen LogP contribution in [-0.2, 0) is 17.8 Å². The summed E-state index contributed by atoms with van der Waals surface area (Å²) in [4.78, 5) is 9.01. The van der Waals surface area contributed by atoms with Crippen molar-refractivity contribution >= 4 is 0 Å². The number of nitrogens with zero attached hydrogens (tertiary/aromatic N) is 2. The topological polar surface area (TPSA) is 47.0 Å². The minimum Gasteiger partial charge on any atom is -0.374 e. The van der Waals surface area contributed by atoms with Crippen LogP contribution in [-0.4, -0.2) is 29.2 Å². The number of hydrogen-bond acceptors (Lipinski definition) is 4. The van der Waals surface area contributed by atoms with Gasteiger partial charge in [-0.1, -0.05) is 13.8 Å². The third-order valence-corrected chi connectivity index (χ3v) is 2.83. The number of aromatic nitrogens is 2. The van der Waals surface area contributed by atoms with Crippen molar-refractivity contribution in [2.45, 2.75) is 53.7 Å². The zero-order valence-electron chi connectivity index (χ0n) is 12.2. The van der Waals surface area contributed by atoms with E-state index in [0.29, 0.717) is 19.3 Å². The highest BCUT2D eigenvalue weighted by Crippen LogP contribution is 2.11. The number of hydrogen-bond donors (Lipinski definition) is 1. The Hall–Kier alpha value is -1.00. The second kappa shape index (κ2) is 7.44. The van der Waals surface area contributed by atoms with Crippen molar-refractivity contribution in [3.8, 4) is 0 Å². The van der Waals surface area contributed by atoms with Gasteiger partial charge in [0.25, 0.3) is 0 Å². The predicted octanol–water partition coefficient (Wildman–Crippen LogP) is 2.17. The van der Waals surface area contributed by atoms with Crippen LogP contribution in [0.15, 0.2) is 0 Å². The highest BCUT2D eigenvalue weighted by molar-refractivity contribution is 5.24. The standard InChI is InChI=1S/C14H25N3O/c1-6-18-9-14-16-11(4)13(12(5)17-14)7-8-15-10(2)3/h10,15H,6-9H2,1-5H3. The zero-order chi connectivity index (χ0) is 13.5. The van der Waals surface area contributed by atoms with E-state index in [-0.39, 0.29) is 0 Å². The van der Waals surface area contributed by atoms with E-state index < -0.39 is 0 Å². The summed E-state index contributed by atoms with van der Waals surface area (Å²) in [6, 6.07) is 0.517. The molecule has 4 nitrogen and oxygen atoms in total. The average molecular weight is 251 g/mol. The van der Waals surface area contributed by atoms with Crippen LogP contribution in [0.25, 0.3) is 0 Å². The molecule has 0 fully saturated rings. The van der Waals surface area contributed by atoms with Gasteiger partial charge in [0, 0.05) is 24.0 Å². The van der Waals surface area contributed by atoms with Gasteiger partial charge in [-0.2, -0.15) is 0 Å². The van der Waals surface area contributed by atoms with Gasteiger partial charge in [0.05, 0.1) is 0 Å². The summed E-state index contributed by atoms with van der Waals surface area (Å²) < 4.78 is 5.34. The second-order valence-corrected chi connectivity index (χ2v) is 4.79. The van der Waals surface area contributed by atoms with Gasteiger partial charge in [0.15, 0.2) is 5.82 Å². The Bertz CT molecular complexity index is 354. The molecule has 0 aliphatic rings. The Morgan fingerprint density at radius 1 is 1.17 bits per heavy atom. The minimum absolute atomic E-state index is 0.503. The SMILES string of the molecule is CCOCc1nc(C)c(CCNC(C)C)c(C)n1. The van der Waals surface area contributed by atoms with Crippen molar-refractivity contribution in [2.24, 2.45) is 0 Å². The van der Waals surface area contributed by atoms with Gasteiger partial charge < -0.3 is 10.1 Å². The Morgan fingerprint density at radius 2 is 1.78 bits per heavy atom. The van der Waals surface area contributed by atoms with Gasteiger partial charge >= 0.3 is 0 Å². The van der Waals surface area contributed by atoms with Gasteiger partial charge in [-0.05, 0) is 39.3 Å². The molecule has 0 amide bonds. The molecule has 18 heavy (non-hydrogen) atoms. The van der Waals surface area contributed by atoms with Gasteiger partial charge in [-0.25, -0.2) is 9.97 Å². The first kappa shape index (κ1) is 15.1. The first-order chi connectivity index (χ1) is 8.54. The van der Waals surface area contributed by atoms with Crippen LogP contribution in [0.2, 0.25) is 0 Å². The lowest BCUT2D eigenvalue weighted by atomic mass is 10.1. The summed E-state index contributed by atoms with van der Waals surface area (Å²) in [6.45, 7) is 12.6. The Labute approximate surface area is 110 Å². The van der Waals surface area contributed by atoms with E-state index in [1.165, 1.54) is 5.56 Å². The molecule has 0 radical (unpaired) electrons. The Kier molecular flexibility index (Phi) is 6.22. The fraction of sp³-hybridized carbons (Fsp3) is 0.714. The lowest BCUT2D eigenvalue weighted by Gasteiger charge is -2.12. The minimum atomic E-state index is 0.503. The predicted molar refractivity (Wildman–Crippen MR) is 73.7 cm³/mol. The van der Waals surface area contributed by atoms with Gasteiger partial charge in [0.1, 0.15) is 6.61 Å². The fourth-order valence-electron chi connectivity index (χ4n) is 1.91. The molecule has 0 aliphatic carbocycles. The maximum atomic E-state index is 5.34. The molecule has 1 aromatic heterocycles. The molecule has 1 rings (SSSR count). The molecule has 1 N–H and O–H groups in total. The van der Waals surface area contributed by atoms with Gasteiger partial charge in [-0.3, -0.25) is 0 Å². The molecule has 1 aromatic rings. The summed E-state index contributed by atoms with van der Waals surface area (Å²) in [5.74, 6) is 0.785. The number of ether oxygens (including phenoxy) is 1. The van der Waals surface area contributed by atoms with Crippen LogP contribution in [0.5, 0.6) is 0 Å². The molecular formula is C14H25N3O. The zero-order valence-corrected chi connectivity index (χ0v) is 12.2. The monoisotopic (exact) mass is 251 g/mol. The van der Waals surface area contributed by atoms with Crippen LogP contribution in [0.4, 0.5) is 0 Å². The maximum absolute atomic E-state index is 5.34. The summed E-state index contributed by atoms with van der Waals surface area (Å²) in [5.41, 5.74) is 3.40. The van der Waals surface area contributed by atoms with Crippen LogP contribution in [0.1, 0.15) is 43.5 Å². The fourth-order valence-corrected chi connectivity index (χ4v) is 1.91. The quantitative estimate of drug-likeness (QED) is 0.807. The van der Waals surface area contributed by atoms with E-state index >= 15 is 0 Å². The first-order valence-electron chi connectivity index (χ1n) is 6.68. The first-order valence-corrected chi connectivity index (χ1v) is 6.68. The molecule has 0 unspecified atom stereocenters. The smallest absolute Gasteiger partial charge is 0.154 e. The Balaban J connectivity index is 2.68. The van der Waals surface area contributed by atoms with Gasteiger partial charge in [-0.15, -0.1) is 0 Å². The van der Waals surface area contributed by atoms with Crippen molar-refractivity contribution in [1.82, 2.24) is 15.3 Å². The van der Waals surface area contributed by atoms with Crippen LogP contribution >= 0.6 is 0 Å². The van der Waals surface area contributed by atoms with Crippen LogP contribution in [0, 0.1) is 13.8 Å².